The van der Waals surface area contributed by atoms with Crippen molar-refractivity contribution in [3.63, 3.8) is 0 Å². The predicted octanol–water partition coefficient (Wildman–Crippen LogP) is 25.1. The standard InChI is InChI=1S/C11H8F3NO2.C11H8F3NOS.C11H8F3NS.C11H11NOS.C11H11NS.C10H9ClN2.C10H8ClNS/c1-7-6-16-10(15-7)8-2-4-9(5-3-8)17-11(12,13)14;1-7-6-17-10(15-7)8-2-4-9(5-3-8)16-11(12,13)14;1-7-6-16-10(15-7)8-2-4-9(5-3-8)11(12,13)14;1-8-7-14-11(12-8)9-3-5-10(13-2)6-4-9;1-8-3-5-10(6-4-8)11-12-9(2)7-13-11;1-7-6-12-10(13-7)8-2-4-9(11)5-3-8;1-7-6-13-10(12-7)8-2-4-9(11)5-3-8/h2*2-6H,1H3;2-6H,1H3;3-7H,1-2H3;3-7H,1-2H3;2-6H,1H3,(H,12,13);2-6H,1H3. The van der Waals surface area contributed by atoms with Gasteiger partial charge >= 0.3 is 18.9 Å². The monoisotopic (exact) mass is 1540 g/mol. The second-order valence-corrected chi connectivity index (χ2v) is 27.2. The number of oxazole rings is 1. The van der Waals surface area contributed by atoms with Gasteiger partial charge in [0.1, 0.15) is 54.4 Å². The van der Waals surface area contributed by atoms with Crippen LogP contribution in [-0.2, 0) is 6.18 Å². The van der Waals surface area contributed by atoms with Crippen LogP contribution >= 0.6 is 79.9 Å². The van der Waals surface area contributed by atoms with Crippen molar-refractivity contribution in [3.05, 3.63) is 270 Å². The minimum absolute atomic E-state index is 0.227. The molecule has 1 N–H and O–H groups in total. The van der Waals surface area contributed by atoms with Gasteiger partial charge in [-0.15, -0.1) is 83.0 Å². The average Bonchev–Trinajstić information content (AvgIpc) is 1.86. The van der Waals surface area contributed by atoms with Crippen LogP contribution in [0.25, 0.3) is 75.7 Å². The Balaban J connectivity index is 0.000000153. The molecule has 0 saturated heterocycles. The highest BCUT2D eigenvalue weighted by Crippen LogP contribution is 2.34. The van der Waals surface area contributed by atoms with E-state index in [1.807, 2.05) is 137 Å². The molecule has 534 valence electrons. The third kappa shape index (κ3) is 26.3. The minimum atomic E-state index is -4.68. The quantitative estimate of drug-likeness (QED) is 0.131. The Morgan fingerprint density at radius 3 is 0.961 bits per heavy atom. The summed E-state index contributed by atoms with van der Waals surface area (Å²) in [5.41, 5.74) is 14.0. The van der Waals surface area contributed by atoms with Crippen molar-refractivity contribution in [1.29, 1.82) is 0 Å². The van der Waals surface area contributed by atoms with Gasteiger partial charge in [0.25, 0.3) is 0 Å². The first-order chi connectivity index (χ1) is 48.9. The van der Waals surface area contributed by atoms with E-state index in [0.29, 0.717) is 22.7 Å². The molecule has 0 saturated carbocycles. The number of nitrogens with one attached hydrogen (secondary N) is 1. The number of rotatable bonds is 10. The van der Waals surface area contributed by atoms with E-state index < -0.39 is 24.5 Å². The van der Waals surface area contributed by atoms with Crippen LogP contribution in [0.4, 0.5) is 39.5 Å². The molecule has 0 bridgehead atoms. The number of halogens is 11. The zero-order valence-electron chi connectivity index (χ0n) is 56.2. The molecular weight excluding hydrogens is 1480 g/mol. The first kappa shape index (κ1) is 79.2. The Bertz CT molecular complexity index is 4570. The molecule has 0 atom stereocenters. The van der Waals surface area contributed by atoms with E-state index in [0.717, 1.165) is 115 Å². The van der Waals surface area contributed by atoms with Crippen LogP contribution in [0.5, 0.6) is 17.2 Å². The number of thiazole rings is 5. The summed E-state index contributed by atoms with van der Waals surface area (Å²) >= 11 is 19.4. The number of aromatic amines is 1. The molecular formula is C75H63Cl2F9N8O4S5. The van der Waals surface area contributed by atoms with Gasteiger partial charge in [-0.25, -0.2) is 34.9 Å². The Morgan fingerprint density at radius 1 is 0.369 bits per heavy atom. The number of ether oxygens (including phenoxy) is 3. The molecule has 7 heterocycles. The molecule has 7 aromatic heterocycles. The molecule has 103 heavy (non-hydrogen) atoms. The van der Waals surface area contributed by atoms with E-state index in [4.69, 9.17) is 32.4 Å². The van der Waals surface area contributed by atoms with Gasteiger partial charge in [-0.1, -0.05) is 77.3 Å². The zero-order chi connectivity index (χ0) is 74.4. The highest BCUT2D eigenvalue weighted by atomic mass is 35.5. The van der Waals surface area contributed by atoms with Gasteiger partial charge in [-0.2, -0.15) is 13.2 Å². The SMILES string of the molecule is COc1ccc(-c2nc(C)cs2)cc1.Cc1ccc(-c2nc(C)cs2)cc1.Cc1cnc(-c2ccc(Cl)cc2)[nH]1.Cc1coc(-c2ccc(OC(F)(F)F)cc2)n1.Cc1csc(-c2ccc(C(F)(F)F)cc2)n1.Cc1csc(-c2ccc(Cl)cc2)n1.Cc1csc(-c2ccc(OC(F)(F)F)cc2)n1. The molecule has 0 aliphatic carbocycles. The third-order valence-electron chi connectivity index (χ3n) is 13.4. The summed E-state index contributed by atoms with van der Waals surface area (Å²) in [6.07, 6.45) is -10.3. The number of methoxy groups -OCH3 is 1. The smallest absolute Gasteiger partial charge is 0.497 e. The molecule has 12 nitrogen and oxygen atoms in total. The second kappa shape index (κ2) is 37.1. The molecule has 14 aromatic rings. The Labute approximate surface area is 618 Å². The fourth-order valence-corrected chi connectivity index (χ4v) is 12.8. The molecule has 14 rings (SSSR count). The number of aromatic nitrogens is 8. The number of benzene rings is 7. The van der Waals surface area contributed by atoms with Crippen molar-refractivity contribution in [1.82, 2.24) is 39.9 Å². The van der Waals surface area contributed by atoms with Gasteiger partial charge in [0, 0.05) is 116 Å². The lowest BCUT2D eigenvalue weighted by Crippen LogP contribution is -2.16. The van der Waals surface area contributed by atoms with Crippen molar-refractivity contribution < 1.29 is 58.1 Å². The Morgan fingerprint density at radius 2 is 0.680 bits per heavy atom. The van der Waals surface area contributed by atoms with E-state index >= 15 is 0 Å². The van der Waals surface area contributed by atoms with Crippen LogP contribution in [0.15, 0.2) is 214 Å². The van der Waals surface area contributed by atoms with E-state index in [1.54, 1.807) is 60.2 Å². The van der Waals surface area contributed by atoms with Crippen molar-refractivity contribution in [2.75, 3.05) is 7.11 Å². The molecule has 0 radical (unpaired) electrons. The Kier molecular flexibility index (Phi) is 28.5. The van der Waals surface area contributed by atoms with E-state index in [1.165, 1.54) is 88.6 Å². The van der Waals surface area contributed by atoms with Crippen LogP contribution in [0.1, 0.15) is 51.0 Å². The summed E-state index contributed by atoms with van der Waals surface area (Å²) in [6.45, 7) is 15.6. The summed E-state index contributed by atoms with van der Waals surface area (Å²) in [7, 11) is 1.67. The summed E-state index contributed by atoms with van der Waals surface area (Å²) in [5.74, 6) is 1.62. The summed E-state index contributed by atoms with van der Waals surface area (Å²) < 4.78 is 126. The zero-order valence-corrected chi connectivity index (χ0v) is 61.8. The minimum Gasteiger partial charge on any atom is -0.497 e. The van der Waals surface area contributed by atoms with Gasteiger partial charge < -0.3 is 23.6 Å². The molecule has 0 fully saturated rings. The van der Waals surface area contributed by atoms with Gasteiger partial charge in [-0.05, 0) is 177 Å². The topological polar surface area (TPSA) is 147 Å². The highest BCUT2D eigenvalue weighted by molar-refractivity contribution is 7.14. The maximum absolute atomic E-state index is 12.3. The first-order valence-electron chi connectivity index (χ1n) is 30.6. The number of aryl methyl sites for hydroxylation is 8. The maximum atomic E-state index is 12.3. The van der Waals surface area contributed by atoms with Crippen molar-refractivity contribution in [2.45, 2.75) is 74.3 Å². The lowest BCUT2D eigenvalue weighted by atomic mass is 10.1. The average molecular weight is 1540 g/mol. The number of hydrogen-bond acceptors (Lipinski definition) is 16. The lowest BCUT2D eigenvalue weighted by Gasteiger charge is -2.08. The summed E-state index contributed by atoms with van der Waals surface area (Å²) in [5, 5.41) is 16.2. The number of nitrogens with zero attached hydrogens (tertiary/aromatic N) is 7. The van der Waals surface area contributed by atoms with Crippen molar-refractivity contribution >= 4 is 79.9 Å². The molecule has 0 spiro atoms. The molecule has 0 unspecified atom stereocenters. The number of hydrogen-bond donors (Lipinski definition) is 1. The van der Waals surface area contributed by atoms with Crippen molar-refractivity contribution in [2.24, 2.45) is 0 Å². The fourth-order valence-electron chi connectivity index (χ4n) is 8.51. The van der Waals surface area contributed by atoms with Crippen LogP contribution in [0, 0.1) is 55.4 Å². The first-order valence-corrected chi connectivity index (χ1v) is 35.7. The summed E-state index contributed by atoms with van der Waals surface area (Å²) in [6, 6.07) is 47.8. The van der Waals surface area contributed by atoms with Gasteiger partial charge in [0.2, 0.25) is 5.89 Å². The van der Waals surface area contributed by atoms with Gasteiger partial charge in [-0.3, -0.25) is 0 Å². The number of alkyl halides is 9. The van der Waals surface area contributed by atoms with Crippen LogP contribution in [0.3, 0.4) is 0 Å². The van der Waals surface area contributed by atoms with Gasteiger partial charge in [0.15, 0.2) is 0 Å². The van der Waals surface area contributed by atoms with Crippen LogP contribution in [-0.4, -0.2) is 59.7 Å². The van der Waals surface area contributed by atoms with Crippen LogP contribution in [0.2, 0.25) is 10.0 Å². The van der Waals surface area contributed by atoms with Crippen molar-refractivity contribution in [3.8, 4) is 92.9 Å². The molecule has 0 amide bonds. The normalized spacial score (nSPS) is 10.9. The number of H-pyrrole nitrogens is 1. The molecule has 28 heteroatoms. The number of imidazole rings is 1. The maximum Gasteiger partial charge on any atom is 0.573 e. The van der Waals surface area contributed by atoms with Crippen LogP contribution < -0.4 is 14.2 Å². The second-order valence-electron chi connectivity index (χ2n) is 22.0. The van der Waals surface area contributed by atoms with Gasteiger partial charge in [0.05, 0.1) is 18.4 Å². The molecule has 0 aliphatic rings. The van der Waals surface area contributed by atoms with E-state index in [2.05, 4.69) is 91.3 Å². The molecule has 0 aliphatic heterocycles. The Hall–Kier alpha value is -9.54. The predicted molar refractivity (Wildman–Crippen MR) is 397 cm³/mol. The van der Waals surface area contributed by atoms with E-state index in [9.17, 15) is 39.5 Å². The highest BCUT2D eigenvalue weighted by Gasteiger charge is 2.32. The summed E-state index contributed by atoms with van der Waals surface area (Å²) in [4.78, 5) is 33.1. The molecule has 7 aromatic carbocycles. The lowest BCUT2D eigenvalue weighted by molar-refractivity contribution is -0.275. The third-order valence-corrected chi connectivity index (χ3v) is 18.9. The largest absolute Gasteiger partial charge is 0.573 e. The van der Waals surface area contributed by atoms with E-state index in [-0.39, 0.29) is 11.5 Å². The fraction of sp³-hybridized carbons (Fsp3) is 0.160.